The number of hydrogen-bond donors (Lipinski definition) is 0. The van der Waals surface area contributed by atoms with E-state index in [9.17, 15) is 10.1 Å². The number of likely N-dealkylation sites (tertiary alicyclic amines) is 1. The van der Waals surface area contributed by atoms with E-state index in [-0.39, 0.29) is 11.5 Å². The summed E-state index contributed by atoms with van der Waals surface area (Å²) in [7, 11) is 1.58. The van der Waals surface area contributed by atoms with E-state index in [1.165, 1.54) is 0 Å². The second kappa shape index (κ2) is 8.92. The molecule has 2 rings (SSSR count). The molecule has 1 amide bonds. The van der Waals surface area contributed by atoms with Gasteiger partial charge in [0.1, 0.15) is 11.6 Å². The summed E-state index contributed by atoms with van der Waals surface area (Å²) in [4.78, 5) is 14.1. The molecule has 0 aromatic heterocycles. The number of hydrogen-bond acceptors (Lipinski definition) is 4. The van der Waals surface area contributed by atoms with Crippen LogP contribution in [0.5, 0.6) is 11.5 Å². The van der Waals surface area contributed by atoms with Crippen molar-refractivity contribution in [1.82, 2.24) is 4.90 Å². The molecule has 5 nitrogen and oxygen atoms in total. The minimum absolute atomic E-state index is 0.150. The van der Waals surface area contributed by atoms with Crippen molar-refractivity contribution in [2.45, 2.75) is 26.2 Å². The number of amides is 1. The molecule has 1 aliphatic rings. The number of rotatable bonds is 6. The number of carbonyl (C=O) groups is 1. The van der Waals surface area contributed by atoms with E-state index < -0.39 is 0 Å². The number of benzene rings is 1. The van der Waals surface area contributed by atoms with Crippen LogP contribution in [0.25, 0.3) is 6.08 Å². The monoisotopic (exact) mass is 440 g/mol. The second-order valence-corrected chi connectivity index (χ2v) is 6.71. The van der Waals surface area contributed by atoms with Crippen LogP contribution in [-0.2, 0) is 4.79 Å². The third kappa shape index (κ3) is 4.41. The van der Waals surface area contributed by atoms with Gasteiger partial charge in [0.15, 0.2) is 11.5 Å². The number of nitrogens with zero attached hydrogens (tertiary/aromatic N) is 2. The molecule has 1 heterocycles. The first-order valence-electron chi connectivity index (χ1n) is 8.02. The molecular weight excluding hydrogens is 419 g/mol. The zero-order chi connectivity index (χ0) is 17.5. The third-order valence-corrected chi connectivity index (χ3v) is 4.56. The predicted octanol–water partition coefficient (Wildman–Crippen LogP) is 3.62. The Kier molecular flexibility index (Phi) is 6.91. The highest BCUT2D eigenvalue weighted by molar-refractivity contribution is 14.1. The molecule has 1 aromatic carbocycles. The van der Waals surface area contributed by atoms with E-state index in [2.05, 4.69) is 22.6 Å². The molecule has 24 heavy (non-hydrogen) atoms. The lowest BCUT2D eigenvalue weighted by Gasteiger charge is -2.15. The number of ether oxygens (including phenoxy) is 2. The Morgan fingerprint density at radius 3 is 2.71 bits per heavy atom. The van der Waals surface area contributed by atoms with Gasteiger partial charge in [0, 0.05) is 13.1 Å². The van der Waals surface area contributed by atoms with Crippen molar-refractivity contribution in [2.24, 2.45) is 0 Å². The standard InChI is InChI=1S/C18H21IN2O3/c1-3-8-24-17-15(19)10-13(11-16(17)23-2)9-14(12-20)18(22)21-6-4-5-7-21/h9-11H,3-8H2,1-2H3/b14-9+. The van der Waals surface area contributed by atoms with Gasteiger partial charge in [-0.25, -0.2) is 0 Å². The molecule has 1 aromatic rings. The minimum Gasteiger partial charge on any atom is -0.493 e. The van der Waals surface area contributed by atoms with Crippen molar-refractivity contribution in [3.05, 3.63) is 26.8 Å². The van der Waals surface area contributed by atoms with Crippen molar-refractivity contribution >= 4 is 34.6 Å². The normalized spacial score (nSPS) is 14.4. The predicted molar refractivity (Wildman–Crippen MR) is 101 cm³/mol. The highest BCUT2D eigenvalue weighted by Gasteiger charge is 2.21. The Labute approximate surface area is 156 Å². The van der Waals surface area contributed by atoms with Crippen LogP contribution in [0.1, 0.15) is 31.7 Å². The average Bonchev–Trinajstić information content (AvgIpc) is 3.12. The summed E-state index contributed by atoms with van der Waals surface area (Å²) in [6.07, 6.45) is 4.53. The van der Waals surface area contributed by atoms with Crippen LogP contribution in [0.2, 0.25) is 0 Å². The highest BCUT2D eigenvalue weighted by Crippen LogP contribution is 2.34. The average molecular weight is 440 g/mol. The van der Waals surface area contributed by atoms with Crippen molar-refractivity contribution in [1.29, 1.82) is 5.26 Å². The maximum absolute atomic E-state index is 12.4. The summed E-state index contributed by atoms with van der Waals surface area (Å²) < 4.78 is 12.0. The molecule has 0 aliphatic carbocycles. The second-order valence-electron chi connectivity index (χ2n) is 5.55. The quantitative estimate of drug-likeness (QED) is 0.385. The molecule has 0 N–H and O–H groups in total. The largest absolute Gasteiger partial charge is 0.493 e. The molecule has 1 fully saturated rings. The van der Waals surface area contributed by atoms with Crippen LogP contribution in [-0.4, -0.2) is 37.6 Å². The molecule has 1 saturated heterocycles. The molecule has 0 bridgehead atoms. The fourth-order valence-corrected chi connectivity index (χ4v) is 3.35. The maximum Gasteiger partial charge on any atom is 0.264 e. The number of halogens is 1. The first-order chi connectivity index (χ1) is 11.6. The van der Waals surface area contributed by atoms with Gasteiger partial charge in [-0.1, -0.05) is 6.92 Å². The van der Waals surface area contributed by atoms with Gasteiger partial charge in [0.05, 0.1) is 17.3 Å². The molecule has 0 saturated carbocycles. The number of carbonyl (C=O) groups excluding carboxylic acids is 1. The van der Waals surface area contributed by atoms with Gasteiger partial charge >= 0.3 is 0 Å². The Balaban J connectivity index is 2.31. The van der Waals surface area contributed by atoms with Crippen LogP contribution in [0.3, 0.4) is 0 Å². The minimum atomic E-state index is -0.199. The molecule has 0 spiro atoms. The molecular formula is C18H21IN2O3. The van der Waals surface area contributed by atoms with Gasteiger partial charge < -0.3 is 14.4 Å². The van der Waals surface area contributed by atoms with Crippen molar-refractivity contribution in [3.8, 4) is 17.6 Å². The van der Waals surface area contributed by atoms with Gasteiger partial charge in [-0.15, -0.1) is 0 Å². The van der Waals surface area contributed by atoms with E-state index in [4.69, 9.17) is 9.47 Å². The molecule has 0 radical (unpaired) electrons. The summed E-state index contributed by atoms with van der Waals surface area (Å²) in [5, 5.41) is 9.36. The highest BCUT2D eigenvalue weighted by atomic mass is 127. The van der Waals surface area contributed by atoms with Crippen molar-refractivity contribution in [2.75, 3.05) is 26.8 Å². The molecule has 0 atom stereocenters. The van der Waals surface area contributed by atoms with Crippen LogP contribution in [0.15, 0.2) is 17.7 Å². The summed E-state index contributed by atoms with van der Waals surface area (Å²) in [6.45, 7) is 4.10. The molecule has 0 unspecified atom stereocenters. The van der Waals surface area contributed by atoms with E-state index in [1.54, 1.807) is 24.2 Å². The number of methoxy groups -OCH3 is 1. The Hall–Kier alpha value is -1.75. The van der Waals surface area contributed by atoms with E-state index in [0.29, 0.717) is 18.1 Å². The van der Waals surface area contributed by atoms with Gasteiger partial charge in [-0.05, 0) is 65.6 Å². The first-order valence-corrected chi connectivity index (χ1v) is 9.10. The lowest BCUT2D eigenvalue weighted by atomic mass is 10.1. The SMILES string of the molecule is CCCOc1c(I)cc(/C=C(\C#N)C(=O)N2CCCC2)cc1OC. The van der Waals surface area contributed by atoms with Crippen molar-refractivity contribution < 1.29 is 14.3 Å². The van der Waals surface area contributed by atoms with Crippen LogP contribution in [0.4, 0.5) is 0 Å². The summed E-state index contributed by atoms with van der Waals surface area (Å²) in [6, 6.07) is 5.71. The Morgan fingerprint density at radius 2 is 2.12 bits per heavy atom. The van der Waals surface area contributed by atoms with Gasteiger partial charge in [0.2, 0.25) is 0 Å². The Morgan fingerprint density at radius 1 is 1.42 bits per heavy atom. The molecule has 1 aliphatic heterocycles. The van der Waals surface area contributed by atoms with E-state index in [0.717, 1.165) is 41.5 Å². The maximum atomic E-state index is 12.4. The Bertz CT molecular complexity index is 674. The zero-order valence-corrected chi connectivity index (χ0v) is 16.1. The molecule has 6 heteroatoms. The number of nitriles is 1. The summed E-state index contributed by atoms with van der Waals surface area (Å²) in [5.74, 6) is 1.10. The van der Waals surface area contributed by atoms with Crippen LogP contribution >= 0.6 is 22.6 Å². The van der Waals surface area contributed by atoms with Gasteiger partial charge in [-0.2, -0.15) is 5.26 Å². The third-order valence-electron chi connectivity index (χ3n) is 3.76. The fraction of sp³-hybridized carbons (Fsp3) is 0.444. The molecule has 128 valence electrons. The summed E-state index contributed by atoms with van der Waals surface area (Å²) >= 11 is 2.18. The smallest absolute Gasteiger partial charge is 0.264 e. The first kappa shape index (κ1) is 18.6. The lowest BCUT2D eigenvalue weighted by Crippen LogP contribution is -2.28. The van der Waals surface area contributed by atoms with E-state index in [1.807, 2.05) is 19.1 Å². The van der Waals surface area contributed by atoms with Gasteiger partial charge in [0.25, 0.3) is 5.91 Å². The topological polar surface area (TPSA) is 62.6 Å². The van der Waals surface area contributed by atoms with Gasteiger partial charge in [-0.3, -0.25) is 4.79 Å². The van der Waals surface area contributed by atoms with Crippen molar-refractivity contribution in [3.63, 3.8) is 0 Å². The van der Waals surface area contributed by atoms with Crippen LogP contribution < -0.4 is 9.47 Å². The van der Waals surface area contributed by atoms with Crippen LogP contribution in [0, 0.1) is 14.9 Å². The lowest BCUT2D eigenvalue weighted by molar-refractivity contribution is -0.125. The van der Waals surface area contributed by atoms with E-state index >= 15 is 0 Å². The zero-order valence-electron chi connectivity index (χ0n) is 14.0. The summed E-state index contributed by atoms with van der Waals surface area (Å²) in [5.41, 5.74) is 0.904. The fourth-order valence-electron chi connectivity index (χ4n) is 2.57.